The molecular weight excluding hydrogens is 442 g/mol. The van der Waals surface area contributed by atoms with Gasteiger partial charge in [0.1, 0.15) is 17.2 Å². The molecule has 0 spiro atoms. The number of rotatable bonds is 7. The molecule has 0 aliphatic rings. The lowest BCUT2D eigenvalue weighted by atomic mass is 10.3. The third kappa shape index (κ3) is 4.39. The highest BCUT2D eigenvalue weighted by atomic mass is 32.1. The Hall–Kier alpha value is -3.77. The molecule has 0 aliphatic carbocycles. The van der Waals surface area contributed by atoms with Gasteiger partial charge in [-0.05, 0) is 18.2 Å². The molecule has 1 amide bonds. The van der Waals surface area contributed by atoms with Crippen molar-refractivity contribution in [3.05, 3.63) is 57.6 Å². The minimum atomic E-state index is -0.473. The highest BCUT2D eigenvalue weighted by Crippen LogP contribution is 2.33. The Morgan fingerprint density at radius 1 is 1.10 bits per heavy atom. The van der Waals surface area contributed by atoms with E-state index < -0.39 is 10.8 Å². The number of benzene rings is 2. The van der Waals surface area contributed by atoms with E-state index >= 15 is 0 Å². The van der Waals surface area contributed by atoms with Crippen LogP contribution in [0.1, 0.15) is 10.5 Å². The number of nitro groups is 1. The van der Waals surface area contributed by atoms with Gasteiger partial charge in [0.15, 0.2) is 10.3 Å². The van der Waals surface area contributed by atoms with Crippen molar-refractivity contribution in [3.63, 3.8) is 0 Å². The summed E-state index contributed by atoms with van der Waals surface area (Å²) in [6, 6.07) is 9.66. The second-order valence-electron chi connectivity index (χ2n) is 6.11. The first-order valence-electron chi connectivity index (χ1n) is 8.77. The highest BCUT2D eigenvalue weighted by molar-refractivity contribution is 7.22. The Balaban J connectivity index is 1.48. The topological polar surface area (TPSA) is 129 Å². The van der Waals surface area contributed by atoms with Gasteiger partial charge in [-0.25, -0.2) is 9.97 Å². The van der Waals surface area contributed by atoms with Crippen LogP contribution in [0.3, 0.4) is 0 Å². The summed E-state index contributed by atoms with van der Waals surface area (Å²) in [4.78, 5) is 31.6. The number of methoxy groups -OCH3 is 2. The van der Waals surface area contributed by atoms with Gasteiger partial charge in [-0.3, -0.25) is 20.2 Å². The molecule has 2 heterocycles. The molecule has 12 heteroatoms. The third-order valence-corrected chi connectivity index (χ3v) is 5.88. The van der Waals surface area contributed by atoms with Crippen LogP contribution in [0.4, 0.5) is 21.6 Å². The quantitative estimate of drug-likeness (QED) is 0.302. The lowest BCUT2D eigenvalue weighted by Gasteiger charge is -2.10. The number of nitrogens with one attached hydrogen (secondary N) is 2. The fraction of sp³-hybridized carbons (Fsp3) is 0.105. The predicted octanol–water partition coefficient (Wildman–Crippen LogP) is 4.67. The van der Waals surface area contributed by atoms with Crippen LogP contribution in [0.5, 0.6) is 11.5 Å². The predicted molar refractivity (Wildman–Crippen MR) is 119 cm³/mol. The van der Waals surface area contributed by atoms with Crippen LogP contribution < -0.4 is 20.1 Å². The molecule has 2 aromatic heterocycles. The smallest absolute Gasteiger partial charge is 0.276 e. The molecule has 4 rings (SSSR count). The lowest BCUT2D eigenvalue weighted by Crippen LogP contribution is -2.12. The van der Waals surface area contributed by atoms with E-state index in [1.54, 1.807) is 43.9 Å². The monoisotopic (exact) mass is 457 g/mol. The van der Waals surface area contributed by atoms with E-state index in [9.17, 15) is 14.9 Å². The van der Waals surface area contributed by atoms with E-state index in [1.165, 1.54) is 23.5 Å². The van der Waals surface area contributed by atoms with E-state index in [1.807, 2.05) is 0 Å². The standard InChI is InChI=1S/C19H15N5O5S2/c1-28-11-4-6-12(15(8-11)29-2)20-18-22-14(9-30-18)17(25)23-19-21-13-5-3-10(24(26)27)7-16(13)31-19/h3-9H,1-2H3,(H,20,22)(H,21,23,25). The maximum Gasteiger partial charge on any atom is 0.276 e. The molecule has 2 N–H and O–H groups in total. The number of anilines is 3. The molecular formula is C19H15N5O5S2. The van der Waals surface area contributed by atoms with Crippen molar-refractivity contribution in [2.45, 2.75) is 0 Å². The second-order valence-corrected chi connectivity index (χ2v) is 8.00. The van der Waals surface area contributed by atoms with E-state index in [4.69, 9.17) is 9.47 Å². The minimum absolute atomic E-state index is 0.0294. The van der Waals surface area contributed by atoms with Crippen LogP contribution in [-0.2, 0) is 0 Å². The van der Waals surface area contributed by atoms with Gasteiger partial charge < -0.3 is 14.8 Å². The number of non-ortho nitro benzene ring substituents is 1. The SMILES string of the molecule is COc1ccc(Nc2nc(C(=O)Nc3nc4ccc([N+](=O)[O-])cc4s3)cs2)c(OC)c1. The molecule has 10 nitrogen and oxygen atoms in total. The molecule has 4 aromatic rings. The summed E-state index contributed by atoms with van der Waals surface area (Å²) in [7, 11) is 3.12. The van der Waals surface area contributed by atoms with Crippen LogP contribution in [-0.4, -0.2) is 35.0 Å². The number of aromatic nitrogens is 2. The van der Waals surface area contributed by atoms with Crippen molar-refractivity contribution in [2.75, 3.05) is 24.9 Å². The Labute approximate surface area is 183 Å². The molecule has 0 atom stereocenters. The number of hydrogen-bond acceptors (Lipinski definition) is 10. The average Bonchev–Trinajstić information content (AvgIpc) is 3.39. The van der Waals surface area contributed by atoms with Crippen LogP contribution in [0, 0.1) is 10.1 Å². The number of thiazole rings is 2. The average molecular weight is 457 g/mol. The number of carbonyl (C=O) groups excluding carboxylic acids is 1. The van der Waals surface area contributed by atoms with Gasteiger partial charge in [-0.15, -0.1) is 11.3 Å². The minimum Gasteiger partial charge on any atom is -0.497 e. The molecule has 0 saturated carbocycles. The van der Waals surface area contributed by atoms with Crippen molar-refractivity contribution < 1.29 is 19.2 Å². The van der Waals surface area contributed by atoms with Crippen molar-refractivity contribution in [2.24, 2.45) is 0 Å². The Morgan fingerprint density at radius 2 is 1.94 bits per heavy atom. The van der Waals surface area contributed by atoms with Crippen molar-refractivity contribution in [1.29, 1.82) is 0 Å². The van der Waals surface area contributed by atoms with Gasteiger partial charge >= 0.3 is 0 Å². The molecule has 0 bridgehead atoms. The summed E-state index contributed by atoms with van der Waals surface area (Å²) in [6.45, 7) is 0. The summed E-state index contributed by atoms with van der Waals surface area (Å²) in [6.07, 6.45) is 0. The van der Waals surface area contributed by atoms with Crippen LogP contribution in [0.25, 0.3) is 10.2 Å². The highest BCUT2D eigenvalue weighted by Gasteiger charge is 2.16. The number of ether oxygens (including phenoxy) is 2. The maximum atomic E-state index is 12.6. The molecule has 0 radical (unpaired) electrons. The first-order valence-corrected chi connectivity index (χ1v) is 10.5. The van der Waals surface area contributed by atoms with E-state index in [2.05, 4.69) is 20.6 Å². The first-order chi connectivity index (χ1) is 15.0. The lowest BCUT2D eigenvalue weighted by molar-refractivity contribution is -0.384. The van der Waals surface area contributed by atoms with Gasteiger partial charge in [0.05, 0.1) is 35.0 Å². The van der Waals surface area contributed by atoms with Gasteiger partial charge in [-0.1, -0.05) is 11.3 Å². The zero-order chi connectivity index (χ0) is 22.0. The molecule has 0 aliphatic heterocycles. The molecule has 158 valence electrons. The molecule has 0 unspecified atom stereocenters. The number of amides is 1. The van der Waals surface area contributed by atoms with Gasteiger partial charge in [0.2, 0.25) is 0 Å². The fourth-order valence-corrected chi connectivity index (χ4v) is 4.29. The van der Waals surface area contributed by atoms with Crippen molar-refractivity contribution in [1.82, 2.24) is 9.97 Å². The summed E-state index contributed by atoms with van der Waals surface area (Å²) >= 11 is 2.41. The number of hydrogen-bond donors (Lipinski definition) is 2. The Bertz CT molecular complexity index is 1290. The molecule has 0 saturated heterocycles. The zero-order valence-electron chi connectivity index (χ0n) is 16.2. The maximum absolute atomic E-state index is 12.6. The summed E-state index contributed by atoms with van der Waals surface area (Å²) in [5.41, 5.74) is 1.43. The summed E-state index contributed by atoms with van der Waals surface area (Å²) < 4.78 is 11.1. The first kappa shape index (κ1) is 20.5. The summed E-state index contributed by atoms with van der Waals surface area (Å²) in [5, 5.41) is 19.2. The van der Waals surface area contributed by atoms with E-state index in [0.29, 0.717) is 37.7 Å². The second kappa shape index (κ2) is 8.53. The van der Waals surface area contributed by atoms with Crippen LogP contribution in [0.2, 0.25) is 0 Å². The normalized spacial score (nSPS) is 10.6. The molecule has 0 fully saturated rings. The van der Waals surface area contributed by atoms with Crippen LogP contribution in [0.15, 0.2) is 41.8 Å². The zero-order valence-corrected chi connectivity index (χ0v) is 17.9. The van der Waals surface area contributed by atoms with E-state index in [0.717, 1.165) is 11.3 Å². The van der Waals surface area contributed by atoms with Gasteiger partial charge in [0.25, 0.3) is 11.6 Å². The summed E-state index contributed by atoms with van der Waals surface area (Å²) in [5.74, 6) is 0.798. The van der Waals surface area contributed by atoms with E-state index in [-0.39, 0.29) is 11.4 Å². The Morgan fingerprint density at radius 3 is 2.68 bits per heavy atom. The Kier molecular flexibility index (Phi) is 5.64. The van der Waals surface area contributed by atoms with Gasteiger partial charge in [-0.2, -0.15) is 0 Å². The number of fused-ring (bicyclic) bond motifs is 1. The van der Waals surface area contributed by atoms with Crippen molar-refractivity contribution in [3.8, 4) is 11.5 Å². The largest absolute Gasteiger partial charge is 0.497 e. The third-order valence-electron chi connectivity index (χ3n) is 4.19. The molecule has 31 heavy (non-hydrogen) atoms. The number of nitrogens with zero attached hydrogens (tertiary/aromatic N) is 3. The van der Waals surface area contributed by atoms with Crippen LogP contribution >= 0.6 is 22.7 Å². The molecule has 2 aromatic carbocycles. The number of nitro benzene ring substituents is 1. The number of carbonyl (C=O) groups is 1. The van der Waals surface area contributed by atoms with Gasteiger partial charge in [0, 0.05) is 23.6 Å². The van der Waals surface area contributed by atoms with Crippen molar-refractivity contribution >= 4 is 60.4 Å². The fourth-order valence-electron chi connectivity index (χ4n) is 2.69.